The Labute approximate surface area is 131 Å². The van der Waals surface area contributed by atoms with Gasteiger partial charge in [-0.1, -0.05) is 42.5 Å². The molecule has 0 fully saturated rings. The average Bonchev–Trinajstić information content (AvgIpc) is 2.46. The van der Waals surface area contributed by atoms with E-state index < -0.39 is 0 Å². The van der Waals surface area contributed by atoms with Crippen molar-refractivity contribution in [1.82, 2.24) is 4.90 Å². The molecule has 2 unspecified atom stereocenters. The Bertz CT molecular complexity index is 679. The van der Waals surface area contributed by atoms with Gasteiger partial charge in [0, 0.05) is 22.1 Å². The number of thioether (sulfide) groups is 1. The SMILES string of the molecule is CN(C)CC12Cc3ccccc3C(C1)Sc1ccccc12. The molecule has 108 valence electrons. The summed E-state index contributed by atoms with van der Waals surface area (Å²) < 4.78 is 0. The molecule has 0 saturated carbocycles. The minimum absolute atomic E-state index is 0.282. The molecule has 4 rings (SSSR count). The number of hydrogen-bond acceptors (Lipinski definition) is 2. The first-order valence-electron chi connectivity index (χ1n) is 7.67. The Hall–Kier alpha value is -1.25. The van der Waals surface area contributed by atoms with Crippen molar-refractivity contribution < 1.29 is 0 Å². The first kappa shape index (κ1) is 13.4. The molecule has 1 nitrogen and oxygen atoms in total. The monoisotopic (exact) mass is 295 g/mol. The van der Waals surface area contributed by atoms with Crippen molar-refractivity contribution in [2.75, 3.05) is 20.6 Å². The second-order valence-corrected chi connectivity index (χ2v) is 7.95. The fourth-order valence-electron chi connectivity index (χ4n) is 4.19. The third kappa shape index (κ3) is 2.13. The van der Waals surface area contributed by atoms with Crippen molar-refractivity contribution in [2.45, 2.75) is 28.4 Å². The summed E-state index contributed by atoms with van der Waals surface area (Å²) in [5.74, 6) is 0. The lowest BCUT2D eigenvalue weighted by molar-refractivity contribution is 0.246. The van der Waals surface area contributed by atoms with Crippen LogP contribution in [0.25, 0.3) is 0 Å². The van der Waals surface area contributed by atoms with E-state index in [4.69, 9.17) is 0 Å². The highest BCUT2D eigenvalue weighted by atomic mass is 32.2. The molecule has 0 saturated heterocycles. The maximum atomic E-state index is 2.36. The Morgan fingerprint density at radius 1 is 1.10 bits per heavy atom. The Morgan fingerprint density at radius 3 is 2.71 bits per heavy atom. The molecular formula is C19H21NS. The van der Waals surface area contributed by atoms with Crippen molar-refractivity contribution in [1.29, 1.82) is 0 Å². The first-order valence-corrected chi connectivity index (χ1v) is 8.55. The second kappa shape index (κ2) is 4.89. The summed E-state index contributed by atoms with van der Waals surface area (Å²) >= 11 is 2.06. The lowest BCUT2D eigenvalue weighted by atomic mass is 9.66. The van der Waals surface area contributed by atoms with E-state index in [1.54, 1.807) is 16.7 Å². The van der Waals surface area contributed by atoms with Crippen LogP contribution in [0.15, 0.2) is 53.4 Å². The van der Waals surface area contributed by atoms with E-state index in [1.807, 2.05) is 0 Å². The maximum Gasteiger partial charge on any atom is 0.0356 e. The molecule has 2 heteroatoms. The molecule has 0 radical (unpaired) electrons. The van der Waals surface area contributed by atoms with Gasteiger partial charge in [-0.15, -0.1) is 11.8 Å². The molecular weight excluding hydrogens is 274 g/mol. The fourth-order valence-corrected chi connectivity index (χ4v) is 5.83. The second-order valence-electron chi connectivity index (χ2n) is 6.70. The van der Waals surface area contributed by atoms with Crippen LogP contribution >= 0.6 is 11.8 Å². The summed E-state index contributed by atoms with van der Waals surface area (Å²) in [6.45, 7) is 1.13. The third-order valence-electron chi connectivity index (χ3n) is 4.85. The van der Waals surface area contributed by atoms with Crippen LogP contribution in [0, 0.1) is 0 Å². The molecule has 2 bridgehead atoms. The minimum atomic E-state index is 0.282. The fraction of sp³-hybridized carbons (Fsp3) is 0.368. The van der Waals surface area contributed by atoms with Crippen LogP contribution in [0.1, 0.15) is 28.4 Å². The Balaban J connectivity index is 1.89. The number of hydrogen-bond donors (Lipinski definition) is 0. The van der Waals surface area contributed by atoms with Crippen molar-refractivity contribution in [2.24, 2.45) is 0 Å². The van der Waals surface area contributed by atoms with Gasteiger partial charge >= 0.3 is 0 Å². The van der Waals surface area contributed by atoms with Crippen LogP contribution in [-0.2, 0) is 11.8 Å². The highest BCUT2D eigenvalue weighted by Gasteiger charge is 2.45. The van der Waals surface area contributed by atoms with E-state index in [0.29, 0.717) is 5.25 Å². The molecule has 1 aliphatic carbocycles. The summed E-state index contributed by atoms with van der Waals surface area (Å²) in [5, 5.41) is 0.616. The molecule has 0 aromatic heterocycles. The van der Waals surface area contributed by atoms with Gasteiger partial charge in [0.25, 0.3) is 0 Å². The summed E-state index contributed by atoms with van der Waals surface area (Å²) in [5.41, 5.74) is 4.96. The average molecular weight is 295 g/mol. The van der Waals surface area contributed by atoms with E-state index in [2.05, 4.69) is 79.3 Å². The van der Waals surface area contributed by atoms with E-state index in [9.17, 15) is 0 Å². The highest BCUT2D eigenvalue weighted by molar-refractivity contribution is 7.99. The predicted octanol–water partition coefficient (Wildman–Crippen LogP) is 4.28. The van der Waals surface area contributed by atoms with Crippen LogP contribution < -0.4 is 0 Å². The zero-order valence-electron chi connectivity index (χ0n) is 12.7. The number of rotatable bonds is 2. The van der Waals surface area contributed by atoms with Gasteiger partial charge in [0.05, 0.1) is 0 Å². The zero-order chi connectivity index (χ0) is 14.4. The molecule has 0 spiro atoms. The van der Waals surface area contributed by atoms with Gasteiger partial charge in [-0.2, -0.15) is 0 Å². The van der Waals surface area contributed by atoms with Crippen molar-refractivity contribution in [3.8, 4) is 0 Å². The molecule has 1 heterocycles. The van der Waals surface area contributed by atoms with E-state index >= 15 is 0 Å². The Morgan fingerprint density at radius 2 is 1.86 bits per heavy atom. The van der Waals surface area contributed by atoms with Gasteiger partial charge in [-0.3, -0.25) is 0 Å². The first-order chi connectivity index (χ1) is 10.2. The van der Waals surface area contributed by atoms with Gasteiger partial charge in [-0.05, 0) is 49.7 Å². The van der Waals surface area contributed by atoms with Crippen LogP contribution in [0.2, 0.25) is 0 Å². The molecule has 2 aromatic carbocycles. The molecule has 2 aromatic rings. The zero-order valence-corrected chi connectivity index (χ0v) is 13.5. The standard InChI is InChI=1S/C19H21NS/c1-20(2)13-19-11-14-7-3-4-8-15(14)18(12-19)21-17-10-6-5-9-16(17)19/h3-10,18H,11-13H2,1-2H3. The summed E-state index contributed by atoms with van der Waals surface area (Å²) in [4.78, 5) is 3.85. The van der Waals surface area contributed by atoms with Gasteiger partial charge < -0.3 is 4.90 Å². The van der Waals surface area contributed by atoms with E-state index in [0.717, 1.165) is 6.54 Å². The molecule has 21 heavy (non-hydrogen) atoms. The van der Waals surface area contributed by atoms with E-state index in [1.165, 1.54) is 17.7 Å². The van der Waals surface area contributed by atoms with Crippen molar-refractivity contribution in [3.05, 3.63) is 65.2 Å². The van der Waals surface area contributed by atoms with Crippen LogP contribution in [0.5, 0.6) is 0 Å². The summed E-state index contributed by atoms with van der Waals surface area (Å²) in [6.07, 6.45) is 2.44. The van der Waals surface area contributed by atoms with Crippen molar-refractivity contribution in [3.63, 3.8) is 0 Å². The topological polar surface area (TPSA) is 3.24 Å². The normalized spacial score (nSPS) is 26.3. The lowest BCUT2D eigenvalue weighted by Gasteiger charge is -2.48. The quantitative estimate of drug-likeness (QED) is 0.813. The number of fused-ring (bicyclic) bond motifs is 6. The predicted molar refractivity (Wildman–Crippen MR) is 90.0 cm³/mol. The Kier molecular flexibility index (Phi) is 3.13. The molecule has 1 aliphatic heterocycles. The smallest absolute Gasteiger partial charge is 0.0356 e. The number of likely N-dealkylation sites (N-methyl/N-ethyl adjacent to an activating group) is 1. The minimum Gasteiger partial charge on any atom is -0.309 e. The highest BCUT2D eigenvalue weighted by Crippen LogP contribution is 2.57. The lowest BCUT2D eigenvalue weighted by Crippen LogP contribution is -2.45. The van der Waals surface area contributed by atoms with Crippen LogP contribution in [-0.4, -0.2) is 25.5 Å². The summed E-state index contributed by atoms with van der Waals surface area (Å²) in [7, 11) is 4.41. The maximum absolute atomic E-state index is 2.36. The van der Waals surface area contributed by atoms with E-state index in [-0.39, 0.29) is 5.41 Å². The van der Waals surface area contributed by atoms with Crippen molar-refractivity contribution >= 4 is 11.8 Å². The molecule has 2 aliphatic rings. The van der Waals surface area contributed by atoms with Crippen LogP contribution in [0.4, 0.5) is 0 Å². The van der Waals surface area contributed by atoms with Gasteiger partial charge in [0.1, 0.15) is 0 Å². The third-order valence-corrected chi connectivity index (χ3v) is 6.17. The van der Waals surface area contributed by atoms with Gasteiger partial charge in [0.15, 0.2) is 0 Å². The number of benzene rings is 2. The summed E-state index contributed by atoms with van der Waals surface area (Å²) in [6, 6.07) is 18.1. The van der Waals surface area contributed by atoms with Gasteiger partial charge in [0.2, 0.25) is 0 Å². The number of nitrogens with zero attached hydrogens (tertiary/aromatic N) is 1. The molecule has 2 atom stereocenters. The van der Waals surface area contributed by atoms with Crippen LogP contribution in [0.3, 0.4) is 0 Å². The largest absolute Gasteiger partial charge is 0.309 e. The van der Waals surface area contributed by atoms with Gasteiger partial charge in [-0.25, -0.2) is 0 Å². The molecule has 0 N–H and O–H groups in total. The molecule has 0 amide bonds.